The lowest BCUT2D eigenvalue weighted by atomic mass is 10.0. The molecule has 0 fully saturated rings. The Hall–Kier alpha value is -0.670. The summed E-state index contributed by atoms with van der Waals surface area (Å²) in [6, 6.07) is 0. The predicted molar refractivity (Wildman–Crippen MR) is 48.7 cm³/mol. The largest absolute Gasteiger partial charge is 0.353 e. The van der Waals surface area contributed by atoms with Crippen LogP contribution in [0.5, 0.6) is 0 Å². The summed E-state index contributed by atoms with van der Waals surface area (Å²) in [5, 5.41) is 0. The molecule has 0 radical (unpaired) electrons. The minimum absolute atomic E-state index is 0.216. The van der Waals surface area contributed by atoms with Gasteiger partial charge in [0.05, 0.1) is 0 Å². The summed E-state index contributed by atoms with van der Waals surface area (Å²) in [6.45, 7) is 9.24. The lowest BCUT2D eigenvalue weighted by Gasteiger charge is -2.26. The maximum atomic E-state index is 11.4. The normalized spacial score (nSPS) is 15.3. The molecule has 0 aliphatic heterocycles. The molecule has 0 heterocycles. The highest BCUT2D eigenvalue weighted by Crippen LogP contribution is 2.13. The van der Waals surface area contributed by atoms with E-state index < -0.39 is 5.72 Å². The van der Waals surface area contributed by atoms with E-state index in [2.05, 4.69) is 6.58 Å². The maximum Gasteiger partial charge on any atom is 0.204 e. The Bertz CT molecular complexity index is 189. The molecule has 0 aromatic heterocycles. The molecule has 0 bridgehead atoms. The van der Waals surface area contributed by atoms with Crippen LogP contribution < -0.4 is 5.73 Å². The molecule has 12 heavy (non-hydrogen) atoms. The molecule has 0 aromatic rings. The molecule has 0 saturated carbocycles. The number of rotatable bonds is 5. The molecule has 2 N–H and O–H groups in total. The second-order valence-corrected chi connectivity index (χ2v) is 2.79. The third kappa shape index (κ3) is 2.43. The first-order valence-electron chi connectivity index (χ1n) is 4.11. The third-order valence-electron chi connectivity index (χ3n) is 1.70. The summed E-state index contributed by atoms with van der Waals surface area (Å²) in [7, 11) is 0. The van der Waals surface area contributed by atoms with Crippen molar-refractivity contribution in [3.63, 3.8) is 0 Å². The highest BCUT2D eigenvalue weighted by atomic mass is 16.5. The highest BCUT2D eigenvalue weighted by Gasteiger charge is 2.32. The summed E-state index contributed by atoms with van der Waals surface area (Å²) in [5.41, 5.74) is 4.99. The molecule has 0 aliphatic carbocycles. The van der Waals surface area contributed by atoms with E-state index in [0.29, 0.717) is 18.6 Å². The van der Waals surface area contributed by atoms with Gasteiger partial charge in [0, 0.05) is 6.61 Å². The molecule has 0 spiro atoms. The number of nitrogens with two attached hydrogens (primary N) is 1. The molecule has 1 atom stereocenters. The van der Waals surface area contributed by atoms with Crippen LogP contribution in [0.3, 0.4) is 0 Å². The van der Waals surface area contributed by atoms with E-state index in [1.54, 1.807) is 6.92 Å². The summed E-state index contributed by atoms with van der Waals surface area (Å²) in [6.07, 6.45) is 0.465. The fourth-order valence-corrected chi connectivity index (χ4v) is 0.947. The lowest BCUT2D eigenvalue weighted by molar-refractivity contribution is -0.139. The summed E-state index contributed by atoms with van der Waals surface area (Å²) < 4.78 is 5.17. The van der Waals surface area contributed by atoms with Gasteiger partial charge in [0.2, 0.25) is 5.78 Å². The number of hydrogen-bond acceptors (Lipinski definition) is 3. The molecule has 1 unspecified atom stereocenters. The van der Waals surface area contributed by atoms with Gasteiger partial charge < -0.3 is 4.74 Å². The van der Waals surface area contributed by atoms with Crippen molar-refractivity contribution in [1.29, 1.82) is 0 Å². The van der Waals surface area contributed by atoms with E-state index in [-0.39, 0.29) is 5.78 Å². The molecular formula is C9H17NO2. The molecule has 0 amide bonds. The van der Waals surface area contributed by atoms with Crippen molar-refractivity contribution in [2.45, 2.75) is 32.9 Å². The minimum Gasteiger partial charge on any atom is -0.353 e. The van der Waals surface area contributed by atoms with Gasteiger partial charge in [-0.05, 0) is 25.8 Å². The zero-order chi connectivity index (χ0) is 9.78. The van der Waals surface area contributed by atoms with Crippen LogP contribution in [-0.4, -0.2) is 18.1 Å². The minimum atomic E-state index is -1.17. The lowest BCUT2D eigenvalue weighted by Crippen LogP contribution is -2.50. The SMILES string of the molecule is C=C(C)C(=O)C(N)(CC)OCC. The van der Waals surface area contributed by atoms with Crippen LogP contribution in [0, 0.1) is 0 Å². The van der Waals surface area contributed by atoms with Crippen LogP contribution in [0.1, 0.15) is 27.2 Å². The molecule has 3 nitrogen and oxygen atoms in total. The third-order valence-corrected chi connectivity index (χ3v) is 1.70. The fourth-order valence-electron chi connectivity index (χ4n) is 0.947. The summed E-state index contributed by atoms with van der Waals surface area (Å²) >= 11 is 0. The topological polar surface area (TPSA) is 52.3 Å². The second kappa shape index (κ2) is 4.38. The van der Waals surface area contributed by atoms with E-state index in [0.717, 1.165) is 0 Å². The Morgan fingerprint density at radius 2 is 2.08 bits per heavy atom. The number of carbonyl (C=O) groups is 1. The zero-order valence-corrected chi connectivity index (χ0v) is 8.02. The number of ketones is 1. The van der Waals surface area contributed by atoms with E-state index in [9.17, 15) is 4.79 Å². The Balaban J connectivity index is 4.51. The van der Waals surface area contributed by atoms with Gasteiger partial charge in [-0.3, -0.25) is 10.5 Å². The van der Waals surface area contributed by atoms with Gasteiger partial charge in [0.1, 0.15) is 0 Å². The molecule has 0 saturated heterocycles. The van der Waals surface area contributed by atoms with Crippen LogP contribution in [0.4, 0.5) is 0 Å². The smallest absolute Gasteiger partial charge is 0.204 e. The molecule has 70 valence electrons. The van der Waals surface area contributed by atoms with Gasteiger partial charge >= 0.3 is 0 Å². The summed E-state index contributed by atoms with van der Waals surface area (Å²) in [5.74, 6) is -0.216. The Morgan fingerprint density at radius 3 is 2.33 bits per heavy atom. The molecule has 0 aromatic carbocycles. The molecular weight excluding hydrogens is 154 g/mol. The predicted octanol–water partition coefficient (Wildman–Crippen LogP) is 1.23. The van der Waals surface area contributed by atoms with Crippen LogP contribution in [0.15, 0.2) is 12.2 Å². The second-order valence-electron chi connectivity index (χ2n) is 2.79. The van der Waals surface area contributed by atoms with Crippen LogP contribution in [0.2, 0.25) is 0 Å². The zero-order valence-electron chi connectivity index (χ0n) is 8.02. The van der Waals surface area contributed by atoms with Crippen molar-refractivity contribution in [1.82, 2.24) is 0 Å². The number of ether oxygens (including phenoxy) is 1. The molecule has 0 aliphatic rings. The molecule has 3 heteroatoms. The summed E-state index contributed by atoms with van der Waals surface area (Å²) in [4.78, 5) is 11.4. The van der Waals surface area contributed by atoms with Gasteiger partial charge in [-0.25, -0.2) is 0 Å². The number of Topliss-reactive ketones (excluding diaryl/α,β-unsaturated/α-hetero) is 1. The quantitative estimate of drug-likeness (QED) is 0.500. The average molecular weight is 171 g/mol. The Labute approximate surface area is 73.6 Å². The number of carbonyl (C=O) groups excluding carboxylic acids is 1. The van der Waals surface area contributed by atoms with Gasteiger partial charge in [0.15, 0.2) is 5.72 Å². The van der Waals surface area contributed by atoms with Gasteiger partial charge in [-0.2, -0.15) is 0 Å². The first kappa shape index (κ1) is 11.3. The Kier molecular flexibility index (Phi) is 4.13. The van der Waals surface area contributed by atoms with Crippen molar-refractivity contribution in [2.24, 2.45) is 5.73 Å². The fraction of sp³-hybridized carbons (Fsp3) is 0.667. The molecule has 0 rings (SSSR count). The van der Waals surface area contributed by atoms with Gasteiger partial charge in [-0.15, -0.1) is 0 Å². The van der Waals surface area contributed by atoms with E-state index in [4.69, 9.17) is 10.5 Å². The first-order valence-corrected chi connectivity index (χ1v) is 4.11. The van der Waals surface area contributed by atoms with Crippen molar-refractivity contribution in [2.75, 3.05) is 6.61 Å². The van der Waals surface area contributed by atoms with E-state index in [1.807, 2.05) is 13.8 Å². The van der Waals surface area contributed by atoms with Crippen molar-refractivity contribution in [3.05, 3.63) is 12.2 Å². The van der Waals surface area contributed by atoms with Gasteiger partial charge in [0.25, 0.3) is 0 Å². The van der Waals surface area contributed by atoms with Crippen molar-refractivity contribution < 1.29 is 9.53 Å². The average Bonchev–Trinajstić information content (AvgIpc) is 2.03. The Morgan fingerprint density at radius 1 is 1.58 bits per heavy atom. The first-order chi connectivity index (χ1) is 5.48. The maximum absolute atomic E-state index is 11.4. The van der Waals surface area contributed by atoms with Crippen LogP contribution in [-0.2, 0) is 9.53 Å². The highest BCUT2D eigenvalue weighted by molar-refractivity contribution is 6.00. The monoisotopic (exact) mass is 171 g/mol. The van der Waals surface area contributed by atoms with Crippen molar-refractivity contribution >= 4 is 5.78 Å². The standard InChI is InChI=1S/C9H17NO2/c1-5-9(10,12-6-2)8(11)7(3)4/h3,5-6,10H2,1-2,4H3. The van der Waals surface area contributed by atoms with E-state index >= 15 is 0 Å². The van der Waals surface area contributed by atoms with Crippen LogP contribution in [0.25, 0.3) is 0 Å². The number of hydrogen-bond donors (Lipinski definition) is 1. The van der Waals surface area contributed by atoms with Gasteiger partial charge in [-0.1, -0.05) is 13.5 Å². The van der Waals surface area contributed by atoms with Crippen molar-refractivity contribution in [3.8, 4) is 0 Å². The van der Waals surface area contributed by atoms with Crippen LogP contribution >= 0.6 is 0 Å². The van der Waals surface area contributed by atoms with E-state index in [1.165, 1.54) is 0 Å².